The van der Waals surface area contributed by atoms with E-state index in [0.29, 0.717) is 11.3 Å². The van der Waals surface area contributed by atoms with Crippen LogP contribution in [0.2, 0.25) is 0 Å². The molecule has 0 aromatic heterocycles. The normalized spacial score (nSPS) is 20.2. The third-order valence-electron chi connectivity index (χ3n) is 6.15. The number of carbonyl (C=O) groups excluding carboxylic acids is 3. The summed E-state index contributed by atoms with van der Waals surface area (Å²) < 4.78 is 0. The van der Waals surface area contributed by atoms with Crippen LogP contribution in [0.25, 0.3) is 5.70 Å². The van der Waals surface area contributed by atoms with Crippen LogP contribution in [-0.4, -0.2) is 27.9 Å². The molecule has 1 fully saturated rings. The predicted molar refractivity (Wildman–Crippen MR) is 101 cm³/mol. The molecule has 0 saturated heterocycles. The molecule has 0 N–H and O–H groups in total. The molecule has 0 atom stereocenters. The van der Waals surface area contributed by atoms with Crippen LogP contribution in [0.5, 0.6) is 0 Å². The van der Waals surface area contributed by atoms with Crippen molar-refractivity contribution >= 4 is 23.2 Å². The van der Waals surface area contributed by atoms with Gasteiger partial charge in [0.15, 0.2) is 5.78 Å². The summed E-state index contributed by atoms with van der Waals surface area (Å²) in [6, 6.07) is 16.6. The molecular formula is C23H19NO3. The van der Waals surface area contributed by atoms with Crippen molar-refractivity contribution in [3.8, 4) is 0 Å². The van der Waals surface area contributed by atoms with E-state index in [1.807, 2.05) is 24.3 Å². The standard InChI is InChI=1S/C23H19NO3/c25-20(15-8-2-1-3-9-15)18-19-17-11-5-4-10-16(17)14-23(12-6-7-13-23)24(19)22(27)21(18)26/h1-5,8-11H,6-7,12-14H2. The quantitative estimate of drug-likeness (QED) is 0.469. The van der Waals surface area contributed by atoms with Crippen molar-refractivity contribution in [1.29, 1.82) is 0 Å². The zero-order valence-corrected chi connectivity index (χ0v) is 14.9. The molecule has 4 nitrogen and oxygen atoms in total. The minimum absolute atomic E-state index is 0.0321. The fourth-order valence-electron chi connectivity index (χ4n) is 4.95. The van der Waals surface area contributed by atoms with Gasteiger partial charge in [-0.25, -0.2) is 0 Å². The molecule has 27 heavy (non-hydrogen) atoms. The lowest BCUT2D eigenvalue weighted by Crippen LogP contribution is -2.52. The summed E-state index contributed by atoms with van der Waals surface area (Å²) in [6.45, 7) is 0. The highest BCUT2D eigenvalue weighted by molar-refractivity contribution is 6.56. The van der Waals surface area contributed by atoms with E-state index >= 15 is 0 Å². The number of fused-ring (bicyclic) bond motifs is 4. The summed E-state index contributed by atoms with van der Waals surface area (Å²) in [5.41, 5.74) is 2.59. The second kappa shape index (κ2) is 5.74. The number of hydrogen-bond donors (Lipinski definition) is 0. The average molecular weight is 357 g/mol. The summed E-state index contributed by atoms with van der Waals surface area (Å²) in [5.74, 6) is -1.57. The van der Waals surface area contributed by atoms with Gasteiger partial charge in [-0.3, -0.25) is 19.3 Å². The topological polar surface area (TPSA) is 54.5 Å². The van der Waals surface area contributed by atoms with Crippen molar-refractivity contribution in [2.45, 2.75) is 37.6 Å². The van der Waals surface area contributed by atoms with Gasteiger partial charge in [0.05, 0.1) is 11.2 Å². The third-order valence-corrected chi connectivity index (χ3v) is 6.15. The molecule has 0 bridgehead atoms. The highest BCUT2D eigenvalue weighted by Gasteiger charge is 2.55. The largest absolute Gasteiger partial charge is 0.300 e. The molecule has 134 valence electrons. The van der Waals surface area contributed by atoms with Crippen molar-refractivity contribution in [2.24, 2.45) is 0 Å². The maximum atomic E-state index is 13.2. The van der Waals surface area contributed by atoms with E-state index in [1.54, 1.807) is 29.2 Å². The van der Waals surface area contributed by atoms with Crippen molar-refractivity contribution in [3.05, 3.63) is 76.9 Å². The highest BCUT2D eigenvalue weighted by Crippen LogP contribution is 2.50. The van der Waals surface area contributed by atoms with Crippen LogP contribution < -0.4 is 0 Å². The van der Waals surface area contributed by atoms with Crippen LogP contribution in [0.1, 0.15) is 47.2 Å². The number of rotatable bonds is 2. The number of Topliss-reactive ketones (excluding diaryl/α,β-unsaturated/α-hetero) is 2. The summed E-state index contributed by atoms with van der Waals surface area (Å²) >= 11 is 0. The van der Waals surface area contributed by atoms with Crippen molar-refractivity contribution in [1.82, 2.24) is 4.90 Å². The van der Waals surface area contributed by atoms with E-state index in [4.69, 9.17) is 0 Å². The number of nitrogens with zero attached hydrogens (tertiary/aromatic N) is 1. The van der Waals surface area contributed by atoms with Crippen LogP contribution >= 0.6 is 0 Å². The van der Waals surface area contributed by atoms with Crippen LogP contribution in [0.4, 0.5) is 0 Å². The van der Waals surface area contributed by atoms with Gasteiger partial charge < -0.3 is 0 Å². The maximum Gasteiger partial charge on any atom is 0.300 e. The summed E-state index contributed by atoms with van der Waals surface area (Å²) in [4.78, 5) is 40.9. The molecule has 3 aliphatic rings. The van der Waals surface area contributed by atoms with E-state index in [0.717, 1.165) is 43.2 Å². The summed E-state index contributed by atoms with van der Waals surface area (Å²) in [7, 11) is 0. The minimum Gasteiger partial charge on any atom is -0.298 e. The van der Waals surface area contributed by atoms with Gasteiger partial charge in [-0.1, -0.05) is 67.4 Å². The minimum atomic E-state index is -0.665. The third kappa shape index (κ3) is 2.19. The van der Waals surface area contributed by atoms with E-state index in [9.17, 15) is 14.4 Å². The number of ketones is 2. The Labute approximate surface area is 157 Å². The fourth-order valence-corrected chi connectivity index (χ4v) is 4.95. The molecule has 5 rings (SSSR count). The Morgan fingerprint density at radius 1 is 0.889 bits per heavy atom. The fraction of sp³-hybridized carbons (Fsp3) is 0.261. The van der Waals surface area contributed by atoms with E-state index in [1.165, 1.54) is 0 Å². The number of benzene rings is 2. The Hall–Kier alpha value is -3.01. The predicted octanol–water partition coefficient (Wildman–Crippen LogP) is 3.56. The van der Waals surface area contributed by atoms with Crippen LogP contribution in [0.3, 0.4) is 0 Å². The van der Waals surface area contributed by atoms with Crippen LogP contribution in [0, 0.1) is 0 Å². The molecule has 2 aromatic rings. The average Bonchev–Trinajstić information content (AvgIpc) is 3.26. The maximum absolute atomic E-state index is 13.2. The van der Waals surface area contributed by atoms with Gasteiger partial charge in [0, 0.05) is 11.1 Å². The number of carbonyl (C=O) groups is 3. The zero-order valence-electron chi connectivity index (χ0n) is 14.9. The van der Waals surface area contributed by atoms with Gasteiger partial charge in [0.25, 0.3) is 11.7 Å². The van der Waals surface area contributed by atoms with Crippen LogP contribution in [0.15, 0.2) is 60.2 Å². The van der Waals surface area contributed by atoms with Gasteiger partial charge in [-0.15, -0.1) is 0 Å². The lowest BCUT2D eigenvalue weighted by atomic mass is 9.80. The number of amides is 1. The molecule has 1 amide bonds. The Morgan fingerprint density at radius 3 is 2.30 bits per heavy atom. The Bertz CT molecular complexity index is 1010. The van der Waals surface area contributed by atoms with E-state index in [-0.39, 0.29) is 16.9 Å². The zero-order chi connectivity index (χ0) is 18.6. The molecule has 2 aliphatic heterocycles. The monoisotopic (exact) mass is 357 g/mol. The molecular weight excluding hydrogens is 338 g/mol. The van der Waals surface area contributed by atoms with Gasteiger partial charge in [-0.2, -0.15) is 0 Å². The first kappa shape index (κ1) is 16.2. The highest BCUT2D eigenvalue weighted by atomic mass is 16.2. The first-order valence-corrected chi connectivity index (χ1v) is 9.44. The molecule has 0 radical (unpaired) electrons. The van der Waals surface area contributed by atoms with Crippen molar-refractivity contribution in [3.63, 3.8) is 0 Å². The van der Waals surface area contributed by atoms with Crippen molar-refractivity contribution in [2.75, 3.05) is 0 Å². The van der Waals surface area contributed by atoms with Gasteiger partial charge in [-0.05, 0) is 24.8 Å². The van der Waals surface area contributed by atoms with E-state index < -0.39 is 11.7 Å². The summed E-state index contributed by atoms with van der Waals surface area (Å²) in [6.07, 6.45) is 4.57. The SMILES string of the molecule is O=C1C(=O)N2C(=C1C(=O)c1ccccc1)c1ccccc1CC21CCCC1. The van der Waals surface area contributed by atoms with E-state index in [2.05, 4.69) is 6.07 Å². The smallest absolute Gasteiger partial charge is 0.298 e. The molecule has 4 heteroatoms. The second-order valence-corrected chi connectivity index (χ2v) is 7.65. The van der Waals surface area contributed by atoms with Gasteiger partial charge in [0.2, 0.25) is 0 Å². The van der Waals surface area contributed by atoms with Gasteiger partial charge >= 0.3 is 0 Å². The molecule has 1 spiro atoms. The molecule has 1 saturated carbocycles. The molecule has 0 unspecified atom stereocenters. The lowest BCUT2D eigenvalue weighted by molar-refractivity contribution is -0.142. The van der Waals surface area contributed by atoms with Crippen molar-refractivity contribution < 1.29 is 14.4 Å². The number of hydrogen-bond acceptors (Lipinski definition) is 3. The lowest BCUT2D eigenvalue weighted by Gasteiger charge is -2.44. The summed E-state index contributed by atoms with van der Waals surface area (Å²) in [5, 5.41) is 0. The van der Waals surface area contributed by atoms with Gasteiger partial charge in [0.1, 0.15) is 5.57 Å². The first-order chi connectivity index (χ1) is 13.1. The first-order valence-electron chi connectivity index (χ1n) is 9.44. The molecule has 2 heterocycles. The Kier molecular flexibility index (Phi) is 3.44. The Morgan fingerprint density at radius 2 is 1.56 bits per heavy atom. The Balaban J connectivity index is 1.78. The second-order valence-electron chi connectivity index (χ2n) is 7.65. The molecule has 1 aliphatic carbocycles. The van der Waals surface area contributed by atoms with Crippen LogP contribution in [-0.2, 0) is 16.0 Å². The molecule has 2 aromatic carbocycles.